The highest BCUT2D eigenvalue weighted by Crippen LogP contribution is 2.32. The van der Waals surface area contributed by atoms with Gasteiger partial charge in [0, 0.05) is 29.1 Å². The minimum Gasteiger partial charge on any atom is -0.421 e. The topological polar surface area (TPSA) is 39.9 Å². The monoisotopic (exact) mass is 393 g/mol. The zero-order valence-electron chi connectivity index (χ0n) is 17.3. The highest BCUT2D eigenvalue weighted by Gasteiger charge is 2.16. The molecule has 0 amide bonds. The SMILES string of the molecule is CC(C)(C)c1ccnc(Oc2cccc(-n3c4ccccc4c4ccccc43)n2)c1. The molecule has 4 nitrogen and oxygen atoms in total. The molecule has 0 unspecified atom stereocenters. The molecule has 30 heavy (non-hydrogen) atoms. The van der Waals surface area contributed by atoms with Gasteiger partial charge in [-0.1, -0.05) is 63.2 Å². The molecular weight excluding hydrogens is 370 g/mol. The van der Waals surface area contributed by atoms with Gasteiger partial charge in [-0.25, -0.2) is 4.98 Å². The summed E-state index contributed by atoms with van der Waals surface area (Å²) in [5.74, 6) is 1.89. The molecule has 0 radical (unpaired) electrons. The van der Waals surface area contributed by atoms with E-state index in [1.807, 2.05) is 30.3 Å². The van der Waals surface area contributed by atoms with Crippen molar-refractivity contribution in [1.82, 2.24) is 14.5 Å². The minimum atomic E-state index is 0.0271. The Labute approximate surface area is 175 Å². The fourth-order valence-corrected chi connectivity index (χ4v) is 3.79. The molecule has 0 saturated heterocycles. The van der Waals surface area contributed by atoms with Crippen molar-refractivity contribution in [2.75, 3.05) is 0 Å². The van der Waals surface area contributed by atoms with Crippen molar-refractivity contribution in [1.29, 1.82) is 0 Å². The van der Waals surface area contributed by atoms with Gasteiger partial charge in [-0.05, 0) is 35.2 Å². The van der Waals surface area contributed by atoms with Crippen LogP contribution in [0.1, 0.15) is 26.3 Å². The van der Waals surface area contributed by atoms with Gasteiger partial charge in [-0.2, -0.15) is 4.98 Å². The van der Waals surface area contributed by atoms with Crippen LogP contribution < -0.4 is 4.74 Å². The van der Waals surface area contributed by atoms with Crippen molar-refractivity contribution in [3.63, 3.8) is 0 Å². The summed E-state index contributed by atoms with van der Waals surface area (Å²) in [6.45, 7) is 6.52. The van der Waals surface area contributed by atoms with Gasteiger partial charge in [0.25, 0.3) is 0 Å². The van der Waals surface area contributed by atoms with Gasteiger partial charge in [0.05, 0.1) is 11.0 Å². The van der Waals surface area contributed by atoms with Gasteiger partial charge in [0.1, 0.15) is 5.82 Å². The van der Waals surface area contributed by atoms with E-state index in [1.54, 1.807) is 6.20 Å². The third-order valence-corrected chi connectivity index (χ3v) is 5.33. The van der Waals surface area contributed by atoms with E-state index in [0.29, 0.717) is 11.8 Å². The van der Waals surface area contributed by atoms with Gasteiger partial charge in [0.15, 0.2) is 0 Å². The first kappa shape index (κ1) is 18.4. The standard InChI is InChI=1S/C26H23N3O/c1-26(2,3)18-15-16-27-25(17-18)30-24-14-8-13-23(28-24)29-21-11-6-4-9-19(21)20-10-5-7-12-22(20)29/h4-17H,1-3H3. The highest BCUT2D eigenvalue weighted by molar-refractivity contribution is 6.09. The van der Waals surface area contributed by atoms with E-state index >= 15 is 0 Å². The predicted molar refractivity (Wildman–Crippen MR) is 122 cm³/mol. The number of ether oxygens (including phenoxy) is 1. The molecule has 3 heterocycles. The molecule has 0 N–H and O–H groups in total. The van der Waals surface area contributed by atoms with Crippen LogP contribution in [-0.4, -0.2) is 14.5 Å². The largest absolute Gasteiger partial charge is 0.421 e. The highest BCUT2D eigenvalue weighted by atomic mass is 16.5. The first-order valence-corrected chi connectivity index (χ1v) is 10.1. The Morgan fingerprint density at radius 2 is 1.40 bits per heavy atom. The summed E-state index contributed by atoms with van der Waals surface area (Å²) in [5, 5.41) is 2.42. The molecule has 148 valence electrons. The van der Waals surface area contributed by atoms with Crippen molar-refractivity contribution in [3.8, 4) is 17.6 Å². The van der Waals surface area contributed by atoms with Crippen LogP contribution in [0, 0.1) is 0 Å². The number of pyridine rings is 2. The third-order valence-electron chi connectivity index (χ3n) is 5.33. The number of hydrogen-bond acceptors (Lipinski definition) is 3. The van der Waals surface area contributed by atoms with Gasteiger partial charge < -0.3 is 4.74 Å². The lowest BCUT2D eigenvalue weighted by Gasteiger charge is -2.19. The summed E-state index contributed by atoms with van der Waals surface area (Å²) in [6.07, 6.45) is 1.78. The second-order valence-electron chi connectivity index (χ2n) is 8.44. The Balaban J connectivity index is 1.60. The molecule has 0 saturated carbocycles. The van der Waals surface area contributed by atoms with E-state index in [0.717, 1.165) is 16.9 Å². The number of rotatable bonds is 3. The number of nitrogens with zero attached hydrogens (tertiary/aromatic N) is 3. The minimum absolute atomic E-state index is 0.0271. The fourth-order valence-electron chi connectivity index (χ4n) is 3.79. The lowest BCUT2D eigenvalue weighted by molar-refractivity contribution is 0.441. The van der Waals surface area contributed by atoms with Gasteiger partial charge in [0.2, 0.25) is 11.8 Å². The fraction of sp³-hybridized carbons (Fsp3) is 0.154. The first-order chi connectivity index (χ1) is 14.5. The molecule has 0 bridgehead atoms. The van der Waals surface area contributed by atoms with Crippen LogP contribution in [0.5, 0.6) is 11.8 Å². The van der Waals surface area contributed by atoms with E-state index in [-0.39, 0.29) is 5.41 Å². The Kier molecular flexibility index (Phi) is 4.28. The predicted octanol–water partition coefficient (Wildman–Crippen LogP) is 6.66. The Morgan fingerprint density at radius 3 is 2.07 bits per heavy atom. The number of benzene rings is 2. The Hall–Kier alpha value is -3.66. The van der Waals surface area contributed by atoms with Gasteiger partial charge in [-0.15, -0.1) is 0 Å². The van der Waals surface area contributed by atoms with Crippen LogP contribution in [0.2, 0.25) is 0 Å². The summed E-state index contributed by atoms with van der Waals surface area (Å²) in [7, 11) is 0. The van der Waals surface area contributed by atoms with Crippen molar-refractivity contribution in [3.05, 3.63) is 90.6 Å². The smallest absolute Gasteiger partial charge is 0.223 e. The maximum atomic E-state index is 6.04. The van der Waals surface area contributed by atoms with Gasteiger partial charge in [-0.3, -0.25) is 4.57 Å². The lowest BCUT2D eigenvalue weighted by Crippen LogP contribution is -2.11. The van der Waals surface area contributed by atoms with Crippen LogP contribution >= 0.6 is 0 Å². The molecule has 5 rings (SSSR count). The summed E-state index contributed by atoms with van der Waals surface area (Å²) < 4.78 is 8.22. The first-order valence-electron chi connectivity index (χ1n) is 10.1. The van der Waals surface area contributed by atoms with Crippen molar-refractivity contribution < 1.29 is 4.74 Å². The molecule has 5 aromatic rings. The maximum Gasteiger partial charge on any atom is 0.223 e. The number of fused-ring (bicyclic) bond motifs is 3. The Morgan fingerprint density at radius 1 is 0.733 bits per heavy atom. The lowest BCUT2D eigenvalue weighted by atomic mass is 9.88. The van der Waals surface area contributed by atoms with Crippen molar-refractivity contribution in [2.45, 2.75) is 26.2 Å². The van der Waals surface area contributed by atoms with Crippen LogP contribution in [-0.2, 0) is 5.41 Å². The number of aromatic nitrogens is 3. The molecule has 0 aliphatic carbocycles. The summed E-state index contributed by atoms with van der Waals surface area (Å²) in [6, 6.07) is 26.6. The van der Waals surface area contributed by atoms with Crippen LogP contribution in [0.15, 0.2) is 85.1 Å². The molecule has 0 fully saturated rings. The summed E-state index contributed by atoms with van der Waals surface area (Å²) >= 11 is 0. The molecule has 0 spiro atoms. The van der Waals surface area contributed by atoms with E-state index in [9.17, 15) is 0 Å². The van der Waals surface area contributed by atoms with Crippen molar-refractivity contribution in [2.24, 2.45) is 0 Å². The molecule has 3 aromatic heterocycles. The van der Waals surface area contributed by atoms with Gasteiger partial charge >= 0.3 is 0 Å². The van der Waals surface area contributed by atoms with E-state index in [2.05, 4.69) is 78.9 Å². The zero-order valence-corrected chi connectivity index (χ0v) is 17.3. The van der Waals surface area contributed by atoms with E-state index in [1.165, 1.54) is 16.3 Å². The molecular formula is C26H23N3O. The molecule has 2 aromatic carbocycles. The van der Waals surface area contributed by atoms with Crippen LogP contribution in [0.4, 0.5) is 0 Å². The molecule has 0 atom stereocenters. The quantitative estimate of drug-likeness (QED) is 0.344. The second-order valence-corrected chi connectivity index (χ2v) is 8.44. The van der Waals surface area contributed by atoms with Crippen LogP contribution in [0.3, 0.4) is 0 Å². The van der Waals surface area contributed by atoms with E-state index in [4.69, 9.17) is 9.72 Å². The average Bonchev–Trinajstić information content (AvgIpc) is 3.08. The summed E-state index contributed by atoms with van der Waals surface area (Å²) in [5.41, 5.74) is 3.44. The third kappa shape index (κ3) is 3.20. The number of hydrogen-bond donors (Lipinski definition) is 0. The Bertz CT molecular complexity index is 1310. The van der Waals surface area contributed by atoms with Crippen LogP contribution in [0.25, 0.3) is 27.6 Å². The number of para-hydroxylation sites is 2. The average molecular weight is 393 g/mol. The normalized spacial score (nSPS) is 11.8. The molecule has 4 heteroatoms. The zero-order chi connectivity index (χ0) is 20.7. The van der Waals surface area contributed by atoms with E-state index < -0.39 is 0 Å². The second kappa shape index (κ2) is 6.99. The molecule has 0 aliphatic rings. The maximum absolute atomic E-state index is 6.04. The van der Waals surface area contributed by atoms with Crippen molar-refractivity contribution >= 4 is 21.8 Å². The summed E-state index contributed by atoms with van der Waals surface area (Å²) in [4.78, 5) is 9.17. The molecule has 0 aliphatic heterocycles.